The predicted octanol–water partition coefficient (Wildman–Crippen LogP) is 5.44. The SMILES string of the molecule is CCc1cc(Cl)c(OCc2c(C)cccc2NC(=S)OC)cc1C. The molecule has 0 radical (unpaired) electrons. The van der Waals surface area contributed by atoms with Gasteiger partial charge in [-0.3, -0.25) is 0 Å². The summed E-state index contributed by atoms with van der Waals surface area (Å²) in [6.45, 7) is 6.61. The van der Waals surface area contributed by atoms with Crippen LogP contribution >= 0.6 is 23.8 Å². The summed E-state index contributed by atoms with van der Waals surface area (Å²) in [5.74, 6) is 0.690. The number of aryl methyl sites for hydroxylation is 3. The molecule has 0 saturated heterocycles. The van der Waals surface area contributed by atoms with Crippen molar-refractivity contribution in [3.05, 3.63) is 57.6 Å². The molecule has 3 nitrogen and oxygen atoms in total. The Labute approximate surface area is 153 Å². The van der Waals surface area contributed by atoms with Crippen LogP contribution in [-0.2, 0) is 17.8 Å². The minimum absolute atomic E-state index is 0.322. The molecule has 1 N–H and O–H groups in total. The fraction of sp³-hybridized carbons (Fsp3) is 0.316. The number of rotatable bonds is 5. The molecule has 24 heavy (non-hydrogen) atoms. The van der Waals surface area contributed by atoms with E-state index in [4.69, 9.17) is 33.3 Å². The number of halogens is 1. The lowest BCUT2D eigenvalue weighted by molar-refractivity contribution is 0.306. The van der Waals surface area contributed by atoms with Crippen LogP contribution in [-0.4, -0.2) is 12.3 Å². The van der Waals surface area contributed by atoms with Gasteiger partial charge in [0, 0.05) is 11.3 Å². The fourth-order valence-corrected chi connectivity index (χ4v) is 2.86. The monoisotopic (exact) mass is 363 g/mol. The first-order valence-corrected chi connectivity index (χ1v) is 8.60. The standard InChI is InChI=1S/C19H22ClNO2S/c1-5-14-10-16(20)18(9-13(14)3)23-11-15-12(2)7-6-8-17(15)21-19(24)22-4/h6-10H,5,11H2,1-4H3,(H,21,24). The Kier molecular flexibility index (Phi) is 6.46. The Morgan fingerprint density at radius 2 is 1.96 bits per heavy atom. The van der Waals surface area contributed by atoms with Crippen molar-refractivity contribution in [2.45, 2.75) is 33.8 Å². The van der Waals surface area contributed by atoms with Crippen molar-refractivity contribution in [3.8, 4) is 5.75 Å². The van der Waals surface area contributed by atoms with Crippen molar-refractivity contribution in [1.82, 2.24) is 0 Å². The molecule has 0 fully saturated rings. The van der Waals surface area contributed by atoms with Gasteiger partial charge in [0.05, 0.1) is 12.1 Å². The molecule has 2 rings (SSSR count). The third kappa shape index (κ3) is 4.40. The number of anilines is 1. The first-order chi connectivity index (χ1) is 11.5. The maximum absolute atomic E-state index is 6.35. The average molecular weight is 364 g/mol. The van der Waals surface area contributed by atoms with Gasteiger partial charge in [-0.15, -0.1) is 0 Å². The summed E-state index contributed by atoms with van der Waals surface area (Å²) in [6.07, 6.45) is 0.951. The molecule has 0 heterocycles. The van der Waals surface area contributed by atoms with E-state index < -0.39 is 0 Å². The zero-order valence-electron chi connectivity index (χ0n) is 14.4. The second kappa shape index (κ2) is 8.36. The number of hydrogen-bond acceptors (Lipinski definition) is 3. The highest BCUT2D eigenvalue weighted by atomic mass is 35.5. The quantitative estimate of drug-likeness (QED) is 0.716. The van der Waals surface area contributed by atoms with Crippen molar-refractivity contribution in [2.24, 2.45) is 0 Å². The Morgan fingerprint density at radius 1 is 1.21 bits per heavy atom. The Bertz CT molecular complexity index is 746. The van der Waals surface area contributed by atoms with E-state index in [2.05, 4.69) is 19.2 Å². The lowest BCUT2D eigenvalue weighted by Crippen LogP contribution is -2.13. The minimum Gasteiger partial charge on any atom is -0.487 e. The molecule has 0 bridgehead atoms. The summed E-state index contributed by atoms with van der Waals surface area (Å²) >= 11 is 11.4. The van der Waals surface area contributed by atoms with Crippen LogP contribution in [0.1, 0.15) is 29.2 Å². The normalized spacial score (nSPS) is 10.4. The number of nitrogens with one attached hydrogen (secondary N) is 1. The molecular weight excluding hydrogens is 342 g/mol. The highest BCUT2D eigenvalue weighted by molar-refractivity contribution is 7.80. The van der Waals surface area contributed by atoms with E-state index in [-0.39, 0.29) is 0 Å². The summed E-state index contributed by atoms with van der Waals surface area (Å²) in [5.41, 5.74) is 5.42. The lowest BCUT2D eigenvalue weighted by atomic mass is 10.1. The smallest absolute Gasteiger partial charge is 0.260 e. The predicted molar refractivity (Wildman–Crippen MR) is 104 cm³/mol. The molecule has 0 saturated carbocycles. The molecule has 0 unspecified atom stereocenters. The summed E-state index contributed by atoms with van der Waals surface area (Å²) in [4.78, 5) is 0. The number of methoxy groups -OCH3 is 1. The van der Waals surface area contributed by atoms with E-state index in [0.717, 1.165) is 23.2 Å². The zero-order chi connectivity index (χ0) is 17.7. The third-order valence-electron chi connectivity index (χ3n) is 3.98. The fourth-order valence-electron chi connectivity index (χ4n) is 2.51. The van der Waals surface area contributed by atoms with E-state index in [1.807, 2.05) is 37.3 Å². The molecule has 0 amide bonds. The molecule has 0 aliphatic heterocycles. The molecule has 5 heteroatoms. The van der Waals surface area contributed by atoms with Gasteiger partial charge < -0.3 is 14.8 Å². The van der Waals surface area contributed by atoms with Gasteiger partial charge in [0.2, 0.25) is 0 Å². The lowest BCUT2D eigenvalue weighted by Gasteiger charge is -2.16. The number of hydrogen-bond donors (Lipinski definition) is 1. The van der Waals surface area contributed by atoms with Crippen molar-refractivity contribution < 1.29 is 9.47 Å². The summed E-state index contributed by atoms with van der Waals surface area (Å²) in [7, 11) is 1.54. The second-order valence-corrected chi connectivity index (χ2v) is 6.35. The van der Waals surface area contributed by atoms with E-state index in [9.17, 15) is 0 Å². The topological polar surface area (TPSA) is 30.5 Å². The molecule has 2 aromatic carbocycles. The molecule has 128 valence electrons. The summed E-state index contributed by atoms with van der Waals surface area (Å²) in [5, 5.41) is 4.03. The molecular formula is C19H22ClNO2S. The Hall–Kier alpha value is -1.78. The first-order valence-electron chi connectivity index (χ1n) is 7.81. The highest BCUT2D eigenvalue weighted by Gasteiger charge is 2.11. The second-order valence-electron chi connectivity index (χ2n) is 5.57. The minimum atomic E-state index is 0.322. The van der Waals surface area contributed by atoms with Crippen LogP contribution < -0.4 is 10.1 Å². The molecule has 0 aliphatic rings. The maximum atomic E-state index is 6.35. The van der Waals surface area contributed by atoms with Gasteiger partial charge in [-0.05, 0) is 67.4 Å². The van der Waals surface area contributed by atoms with Gasteiger partial charge in [-0.2, -0.15) is 0 Å². The third-order valence-corrected chi connectivity index (χ3v) is 4.54. The van der Waals surface area contributed by atoms with Crippen molar-refractivity contribution in [3.63, 3.8) is 0 Å². The molecule has 0 spiro atoms. The van der Waals surface area contributed by atoms with Crippen molar-refractivity contribution in [1.29, 1.82) is 0 Å². The molecule has 0 aliphatic carbocycles. The van der Waals surface area contributed by atoms with Crippen LogP contribution in [0.15, 0.2) is 30.3 Å². The van der Waals surface area contributed by atoms with Gasteiger partial charge >= 0.3 is 0 Å². The van der Waals surface area contributed by atoms with Gasteiger partial charge in [0.1, 0.15) is 12.4 Å². The van der Waals surface area contributed by atoms with Gasteiger partial charge in [0.25, 0.3) is 5.17 Å². The first kappa shape index (κ1) is 18.6. The summed E-state index contributed by atoms with van der Waals surface area (Å²) in [6, 6.07) is 9.92. The van der Waals surface area contributed by atoms with E-state index in [1.165, 1.54) is 11.1 Å². The van der Waals surface area contributed by atoms with Crippen LogP contribution in [0.2, 0.25) is 5.02 Å². The van der Waals surface area contributed by atoms with E-state index in [0.29, 0.717) is 22.6 Å². The van der Waals surface area contributed by atoms with Crippen LogP contribution in [0.4, 0.5) is 5.69 Å². The largest absolute Gasteiger partial charge is 0.487 e. The molecule has 0 atom stereocenters. The van der Waals surface area contributed by atoms with Crippen LogP contribution in [0.25, 0.3) is 0 Å². The zero-order valence-corrected chi connectivity index (χ0v) is 16.0. The van der Waals surface area contributed by atoms with Gasteiger partial charge in [-0.1, -0.05) is 30.7 Å². The number of benzene rings is 2. The van der Waals surface area contributed by atoms with Gasteiger partial charge in [0.15, 0.2) is 0 Å². The summed E-state index contributed by atoms with van der Waals surface area (Å²) < 4.78 is 11.0. The van der Waals surface area contributed by atoms with Crippen molar-refractivity contribution in [2.75, 3.05) is 12.4 Å². The van der Waals surface area contributed by atoms with E-state index >= 15 is 0 Å². The number of thiocarbonyl (C=S) groups is 1. The van der Waals surface area contributed by atoms with Crippen LogP contribution in [0.5, 0.6) is 5.75 Å². The number of ether oxygens (including phenoxy) is 2. The Morgan fingerprint density at radius 3 is 2.62 bits per heavy atom. The maximum Gasteiger partial charge on any atom is 0.260 e. The average Bonchev–Trinajstić information content (AvgIpc) is 2.56. The Balaban J connectivity index is 2.23. The highest BCUT2D eigenvalue weighted by Crippen LogP contribution is 2.30. The van der Waals surface area contributed by atoms with Gasteiger partial charge in [-0.25, -0.2) is 0 Å². The van der Waals surface area contributed by atoms with Crippen LogP contribution in [0.3, 0.4) is 0 Å². The molecule has 0 aromatic heterocycles. The van der Waals surface area contributed by atoms with E-state index in [1.54, 1.807) is 7.11 Å². The molecule has 2 aromatic rings. The van der Waals surface area contributed by atoms with Crippen molar-refractivity contribution >= 4 is 34.7 Å². The van der Waals surface area contributed by atoms with Crippen LogP contribution in [0, 0.1) is 13.8 Å².